The van der Waals surface area contributed by atoms with E-state index in [1.165, 1.54) is 17.2 Å². The number of nitrogens with two attached hydrogens (primary N) is 1. The van der Waals surface area contributed by atoms with Crippen LogP contribution >= 0.6 is 0 Å². The molecule has 0 aliphatic rings. The van der Waals surface area contributed by atoms with Gasteiger partial charge in [-0.15, -0.1) is 0 Å². The van der Waals surface area contributed by atoms with E-state index in [0.717, 1.165) is 0 Å². The second kappa shape index (κ2) is 7.04. The van der Waals surface area contributed by atoms with Gasteiger partial charge >= 0.3 is 6.09 Å². The fraction of sp³-hybridized carbons (Fsp3) is 0.231. The number of amides is 2. The number of carbonyl (C=O) groups excluding carboxylic acids is 2. The summed E-state index contributed by atoms with van der Waals surface area (Å²) in [5.74, 6) is -0.248. The Labute approximate surface area is 120 Å². The van der Waals surface area contributed by atoms with Gasteiger partial charge in [0.25, 0.3) is 5.91 Å². The van der Waals surface area contributed by atoms with Crippen LogP contribution in [0.15, 0.2) is 36.7 Å². The van der Waals surface area contributed by atoms with Gasteiger partial charge in [-0.3, -0.25) is 4.79 Å². The van der Waals surface area contributed by atoms with Crippen molar-refractivity contribution in [3.63, 3.8) is 0 Å². The van der Waals surface area contributed by atoms with Gasteiger partial charge in [-0.2, -0.15) is 15.0 Å². The summed E-state index contributed by atoms with van der Waals surface area (Å²) in [6.45, 7) is 0.533. The van der Waals surface area contributed by atoms with E-state index in [0.29, 0.717) is 24.2 Å². The van der Waals surface area contributed by atoms with E-state index in [2.05, 4.69) is 20.3 Å². The summed E-state index contributed by atoms with van der Waals surface area (Å²) in [4.78, 5) is 23.9. The molecular formula is C13H15N5O3. The highest BCUT2D eigenvalue weighted by molar-refractivity contribution is 5.97. The lowest BCUT2D eigenvalue weighted by Crippen LogP contribution is -2.27. The summed E-state index contributed by atoms with van der Waals surface area (Å²) in [6, 6.07) is 7.01. The van der Waals surface area contributed by atoms with Gasteiger partial charge in [0.05, 0.1) is 30.3 Å². The standard InChI is InChI=1S/C13H15N5O3/c14-13(20)21-9-3-6-15-12(19)10-4-1-2-5-11(10)18-16-7-8-17-18/h1-2,4-5,7-8H,3,6,9H2,(H2,14,20)(H,15,19). The Morgan fingerprint density at radius 3 is 2.67 bits per heavy atom. The Morgan fingerprint density at radius 2 is 1.95 bits per heavy atom. The number of hydrogen-bond donors (Lipinski definition) is 2. The van der Waals surface area contributed by atoms with Crippen molar-refractivity contribution in [2.24, 2.45) is 5.73 Å². The highest BCUT2D eigenvalue weighted by atomic mass is 16.5. The molecule has 2 amide bonds. The summed E-state index contributed by atoms with van der Waals surface area (Å²) in [7, 11) is 0. The molecule has 0 atom stereocenters. The van der Waals surface area contributed by atoms with Crippen LogP contribution in [0.4, 0.5) is 4.79 Å². The molecule has 110 valence electrons. The smallest absolute Gasteiger partial charge is 0.404 e. The SMILES string of the molecule is NC(=O)OCCCNC(=O)c1ccccc1-n1nccn1. The fourth-order valence-corrected chi connectivity index (χ4v) is 1.72. The number of primary amides is 1. The first-order chi connectivity index (χ1) is 10.2. The van der Waals surface area contributed by atoms with Crippen molar-refractivity contribution in [1.82, 2.24) is 20.3 Å². The number of para-hydroxylation sites is 1. The number of rotatable bonds is 6. The average molecular weight is 289 g/mol. The van der Waals surface area contributed by atoms with Crippen LogP contribution in [0, 0.1) is 0 Å². The summed E-state index contributed by atoms with van der Waals surface area (Å²) in [5, 5.41) is 10.8. The van der Waals surface area contributed by atoms with Crippen LogP contribution in [0.5, 0.6) is 0 Å². The lowest BCUT2D eigenvalue weighted by atomic mass is 10.1. The molecule has 0 aliphatic heterocycles. The molecule has 2 rings (SSSR count). The number of benzene rings is 1. The molecule has 3 N–H and O–H groups in total. The maximum Gasteiger partial charge on any atom is 0.404 e. The van der Waals surface area contributed by atoms with Crippen LogP contribution in [0.1, 0.15) is 16.8 Å². The van der Waals surface area contributed by atoms with E-state index in [4.69, 9.17) is 5.73 Å². The molecule has 0 spiro atoms. The number of nitrogens with one attached hydrogen (secondary N) is 1. The van der Waals surface area contributed by atoms with E-state index in [1.807, 2.05) is 0 Å². The average Bonchev–Trinajstić information content (AvgIpc) is 3.00. The summed E-state index contributed by atoms with van der Waals surface area (Å²) in [6.07, 6.45) is 2.74. The first-order valence-corrected chi connectivity index (χ1v) is 6.34. The Morgan fingerprint density at radius 1 is 1.24 bits per heavy atom. The highest BCUT2D eigenvalue weighted by Gasteiger charge is 2.12. The molecule has 1 heterocycles. The number of ether oxygens (including phenoxy) is 1. The Balaban J connectivity index is 1.95. The Bertz CT molecular complexity index is 612. The van der Waals surface area contributed by atoms with Crippen LogP contribution in [-0.2, 0) is 4.74 Å². The Hall–Kier alpha value is -2.90. The molecule has 0 bridgehead atoms. The summed E-state index contributed by atoms with van der Waals surface area (Å²) in [5.41, 5.74) is 5.89. The van der Waals surface area contributed by atoms with Crippen molar-refractivity contribution >= 4 is 12.0 Å². The molecule has 21 heavy (non-hydrogen) atoms. The number of aromatic nitrogens is 3. The van der Waals surface area contributed by atoms with Crippen molar-refractivity contribution in [2.75, 3.05) is 13.2 Å². The van der Waals surface area contributed by atoms with Crippen LogP contribution in [0.2, 0.25) is 0 Å². The zero-order valence-electron chi connectivity index (χ0n) is 11.2. The van der Waals surface area contributed by atoms with Gasteiger partial charge in [0.1, 0.15) is 0 Å². The molecule has 1 aromatic heterocycles. The van der Waals surface area contributed by atoms with E-state index in [1.54, 1.807) is 24.3 Å². The predicted octanol–water partition coefficient (Wildman–Crippen LogP) is 0.482. The van der Waals surface area contributed by atoms with Gasteiger partial charge in [0.2, 0.25) is 0 Å². The minimum absolute atomic E-state index is 0.165. The van der Waals surface area contributed by atoms with E-state index >= 15 is 0 Å². The zero-order chi connectivity index (χ0) is 15.1. The molecule has 0 aliphatic carbocycles. The monoisotopic (exact) mass is 289 g/mol. The topological polar surface area (TPSA) is 112 Å². The van der Waals surface area contributed by atoms with Gasteiger partial charge in [0, 0.05) is 6.54 Å². The maximum atomic E-state index is 12.1. The summed E-state index contributed by atoms with van der Waals surface area (Å²) >= 11 is 0. The number of nitrogens with zero attached hydrogens (tertiary/aromatic N) is 3. The van der Waals surface area contributed by atoms with Crippen molar-refractivity contribution < 1.29 is 14.3 Å². The van der Waals surface area contributed by atoms with Crippen LogP contribution in [-0.4, -0.2) is 40.1 Å². The molecule has 0 radical (unpaired) electrons. The molecule has 0 saturated heterocycles. The normalized spacial score (nSPS) is 10.1. The van der Waals surface area contributed by atoms with E-state index in [-0.39, 0.29) is 12.5 Å². The minimum atomic E-state index is -0.823. The largest absolute Gasteiger partial charge is 0.450 e. The maximum absolute atomic E-state index is 12.1. The third-order valence-corrected chi connectivity index (χ3v) is 2.63. The molecule has 0 unspecified atom stereocenters. The summed E-state index contributed by atoms with van der Waals surface area (Å²) < 4.78 is 4.58. The highest BCUT2D eigenvalue weighted by Crippen LogP contribution is 2.11. The second-order valence-electron chi connectivity index (χ2n) is 4.11. The second-order valence-corrected chi connectivity index (χ2v) is 4.11. The van der Waals surface area contributed by atoms with Crippen LogP contribution < -0.4 is 11.1 Å². The van der Waals surface area contributed by atoms with Gasteiger partial charge in [0.15, 0.2) is 0 Å². The van der Waals surface area contributed by atoms with Gasteiger partial charge in [-0.05, 0) is 18.6 Å². The zero-order valence-corrected chi connectivity index (χ0v) is 11.2. The van der Waals surface area contributed by atoms with E-state index < -0.39 is 6.09 Å². The molecule has 8 heteroatoms. The molecule has 0 saturated carbocycles. The number of hydrogen-bond acceptors (Lipinski definition) is 5. The third-order valence-electron chi connectivity index (χ3n) is 2.63. The minimum Gasteiger partial charge on any atom is -0.450 e. The van der Waals surface area contributed by atoms with Crippen molar-refractivity contribution in [3.05, 3.63) is 42.2 Å². The van der Waals surface area contributed by atoms with Gasteiger partial charge in [-0.1, -0.05) is 12.1 Å². The van der Waals surface area contributed by atoms with Crippen LogP contribution in [0.25, 0.3) is 5.69 Å². The quantitative estimate of drug-likeness (QED) is 0.751. The molecule has 2 aromatic rings. The molecule has 0 fully saturated rings. The molecule has 1 aromatic carbocycles. The molecular weight excluding hydrogens is 274 g/mol. The lowest BCUT2D eigenvalue weighted by Gasteiger charge is -2.09. The lowest BCUT2D eigenvalue weighted by molar-refractivity contribution is 0.0949. The Kier molecular flexibility index (Phi) is 4.86. The van der Waals surface area contributed by atoms with Crippen LogP contribution in [0.3, 0.4) is 0 Å². The predicted molar refractivity (Wildman–Crippen MR) is 73.8 cm³/mol. The van der Waals surface area contributed by atoms with Gasteiger partial charge < -0.3 is 15.8 Å². The third kappa shape index (κ3) is 4.03. The number of carbonyl (C=O) groups is 2. The van der Waals surface area contributed by atoms with Crippen molar-refractivity contribution in [3.8, 4) is 5.69 Å². The van der Waals surface area contributed by atoms with Crippen molar-refractivity contribution in [1.29, 1.82) is 0 Å². The fourth-order valence-electron chi connectivity index (χ4n) is 1.72. The van der Waals surface area contributed by atoms with E-state index in [9.17, 15) is 9.59 Å². The molecule has 8 nitrogen and oxygen atoms in total. The first kappa shape index (κ1) is 14.5. The van der Waals surface area contributed by atoms with Gasteiger partial charge in [-0.25, -0.2) is 4.79 Å². The first-order valence-electron chi connectivity index (χ1n) is 6.34. The van der Waals surface area contributed by atoms with Crippen molar-refractivity contribution in [2.45, 2.75) is 6.42 Å².